The molecular weight excluding hydrogens is 332 g/mol. The summed E-state index contributed by atoms with van der Waals surface area (Å²) >= 11 is 3.26. The minimum Gasteiger partial charge on any atom is -0.496 e. The van der Waals surface area contributed by atoms with Crippen LogP contribution in [0.15, 0.2) is 27.6 Å². The second-order valence-corrected chi connectivity index (χ2v) is 6.49. The van der Waals surface area contributed by atoms with E-state index in [9.17, 15) is 8.42 Å². The predicted molar refractivity (Wildman–Crippen MR) is 75.4 cm³/mol. The van der Waals surface area contributed by atoms with E-state index in [1.807, 2.05) is 6.07 Å². The van der Waals surface area contributed by atoms with Crippen molar-refractivity contribution in [3.05, 3.63) is 22.7 Å². The molecule has 0 heterocycles. The molecule has 0 fully saturated rings. The second-order valence-electron chi connectivity index (χ2n) is 3.70. The fraction of sp³-hybridized carbons (Fsp3) is 0.417. The Bertz CT molecular complexity index is 581. The van der Waals surface area contributed by atoms with Gasteiger partial charge in [0.15, 0.2) is 0 Å². The number of ether oxygens (including phenoxy) is 1. The van der Waals surface area contributed by atoms with Crippen molar-refractivity contribution in [3.8, 4) is 11.8 Å². The molecule has 1 aromatic rings. The van der Waals surface area contributed by atoms with Gasteiger partial charge in [0.05, 0.1) is 22.5 Å². The van der Waals surface area contributed by atoms with Crippen molar-refractivity contribution in [1.29, 1.82) is 5.26 Å². The Morgan fingerprint density at radius 1 is 1.47 bits per heavy atom. The van der Waals surface area contributed by atoms with Crippen LogP contribution in [-0.2, 0) is 10.0 Å². The molecule has 0 aliphatic rings. The summed E-state index contributed by atoms with van der Waals surface area (Å²) in [4.78, 5) is 0.181. The van der Waals surface area contributed by atoms with Crippen molar-refractivity contribution < 1.29 is 13.2 Å². The van der Waals surface area contributed by atoms with Gasteiger partial charge in [-0.05, 0) is 34.1 Å². The van der Waals surface area contributed by atoms with Gasteiger partial charge in [-0.25, -0.2) is 8.42 Å². The van der Waals surface area contributed by atoms with Gasteiger partial charge in [-0.3, -0.25) is 0 Å². The van der Waals surface area contributed by atoms with Crippen LogP contribution in [0.4, 0.5) is 0 Å². The minimum atomic E-state index is -3.57. The zero-order chi connectivity index (χ0) is 14.5. The molecule has 0 saturated carbocycles. The van der Waals surface area contributed by atoms with Gasteiger partial charge in [0, 0.05) is 19.5 Å². The monoisotopic (exact) mass is 346 g/mol. The number of nitrogens with zero attached hydrogens (tertiary/aromatic N) is 2. The van der Waals surface area contributed by atoms with Gasteiger partial charge in [-0.2, -0.15) is 9.57 Å². The Kier molecular flexibility index (Phi) is 5.79. The molecule has 5 nitrogen and oxygen atoms in total. The van der Waals surface area contributed by atoms with Crippen molar-refractivity contribution in [2.45, 2.75) is 18.2 Å². The summed E-state index contributed by atoms with van der Waals surface area (Å²) in [7, 11) is -2.06. The molecule has 0 aliphatic heterocycles. The molecule has 0 spiro atoms. The first-order valence-corrected chi connectivity index (χ1v) is 7.91. The summed E-state index contributed by atoms with van der Waals surface area (Å²) in [6, 6.07) is 6.54. The molecular formula is C12H15BrN2O3S. The van der Waals surface area contributed by atoms with E-state index in [-0.39, 0.29) is 17.9 Å². The summed E-state index contributed by atoms with van der Waals surface area (Å²) in [5.74, 6) is 0.569. The normalized spacial score (nSPS) is 11.3. The van der Waals surface area contributed by atoms with Crippen LogP contribution in [-0.4, -0.2) is 32.9 Å². The van der Waals surface area contributed by atoms with E-state index in [1.54, 1.807) is 13.0 Å². The van der Waals surface area contributed by atoms with E-state index in [4.69, 9.17) is 10.00 Å². The number of methoxy groups -OCH3 is 1. The Hall–Kier alpha value is -1.10. The van der Waals surface area contributed by atoms with Gasteiger partial charge in [0.25, 0.3) is 0 Å². The van der Waals surface area contributed by atoms with Crippen LogP contribution in [0.2, 0.25) is 0 Å². The standard InChI is InChI=1S/C12H15BrN2O3S/c1-3-15(8-4-7-14)19(16,17)10-5-6-12(18-2)11(13)9-10/h5-6,9H,3-4,8H2,1-2H3. The Balaban J connectivity index is 3.12. The molecule has 0 saturated heterocycles. The Morgan fingerprint density at radius 3 is 2.63 bits per heavy atom. The summed E-state index contributed by atoms with van der Waals surface area (Å²) in [6.45, 7) is 2.26. The zero-order valence-electron chi connectivity index (χ0n) is 10.8. The highest BCUT2D eigenvalue weighted by Crippen LogP contribution is 2.28. The van der Waals surface area contributed by atoms with Crippen LogP contribution in [0, 0.1) is 11.3 Å². The number of sulfonamides is 1. The number of hydrogen-bond donors (Lipinski definition) is 0. The maximum absolute atomic E-state index is 12.4. The number of nitriles is 1. The molecule has 104 valence electrons. The first kappa shape index (κ1) is 16.0. The van der Waals surface area contributed by atoms with Crippen molar-refractivity contribution >= 4 is 26.0 Å². The van der Waals surface area contributed by atoms with E-state index in [1.165, 1.54) is 23.5 Å². The number of rotatable bonds is 6. The van der Waals surface area contributed by atoms with E-state index in [0.717, 1.165) is 0 Å². The lowest BCUT2D eigenvalue weighted by Gasteiger charge is -2.19. The van der Waals surface area contributed by atoms with E-state index in [2.05, 4.69) is 15.9 Å². The zero-order valence-corrected chi connectivity index (χ0v) is 13.2. The fourth-order valence-electron chi connectivity index (χ4n) is 1.58. The summed E-state index contributed by atoms with van der Waals surface area (Å²) in [6.07, 6.45) is 0.171. The maximum Gasteiger partial charge on any atom is 0.243 e. The largest absolute Gasteiger partial charge is 0.496 e. The highest BCUT2D eigenvalue weighted by atomic mass is 79.9. The quantitative estimate of drug-likeness (QED) is 0.792. The van der Waals surface area contributed by atoms with E-state index >= 15 is 0 Å². The van der Waals surface area contributed by atoms with Crippen LogP contribution < -0.4 is 4.74 Å². The Labute approximate surface area is 122 Å². The van der Waals surface area contributed by atoms with Crippen molar-refractivity contribution in [2.75, 3.05) is 20.2 Å². The number of hydrogen-bond acceptors (Lipinski definition) is 4. The molecule has 0 unspecified atom stereocenters. The summed E-state index contributed by atoms with van der Waals surface area (Å²) < 4.78 is 31.7. The average Bonchev–Trinajstić information content (AvgIpc) is 2.39. The molecule has 0 bridgehead atoms. The Morgan fingerprint density at radius 2 is 2.16 bits per heavy atom. The highest BCUT2D eigenvalue weighted by molar-refractivity contribution is 9.10. The maximum atomic E-state index is 12.4. The molecule has 0 aromatic heterocycles. The predicted octanol–water partition coefficient (Wildman–Crippen LogP) is 2.38. The second kappa shape index (κ2) is 6.89. The molecule has 0 radical (unpaired) electrons. The van der Waals surface area contributed by atoms with E-state index in [0.29, 0.717) is 16.8 Å². The van der Waals surface area contributed by atoms with Gasteiger partial charge in [0.2, 0.25) is 10.0 Å². The summed E-state index contributed by atoms with van der Waals surface area (Å²) in [5, 5.41) is 8.56. The van der Waals surface area contributed by atoms with Crippen LogP contribution in [0.3, 0.4) is 0 Å². The lowest BCUT2D eigenvalue weighted by atomic mass is 10.3. The van der Waals surface area contributed by atoms with Crippen molar-refractivity contribution in [2.24, 2.45) is 0 Å². The molecule has 0 atom stereocenters. The first-order valence-electron chi connectivity index (χ1n) is 5.68. The van der Waals surface area contributed by atoms with Gasteiger partial charge in [-0.15, -0.1) is 0 Å². The van der Waals surface area contributed by atoms with Gasteiger partial charge >= 0.3 is 0 Å². The average molecular weight is 347 g/mol. The van der Waals surface area contributed by atoms with Crippen LogP contribution in [0.5, 0.6) is 5.75 Å². The topological polar surface area (TPSA) is 70.4 Å². The molecule has 0 N–H and O–H groups in total. The molecule has 0 amide bonds. The molecule has 0 aliphatic carbocycles. The third-order valence-corrected chi connectivity index (χ3v) is 5.18. The lowest BCUT2D eigenvalue weighted by molar-refractivity contribution is 0.411. The molecule has 1 rings (SSSR count). The highest BCUT2D eigenvalue weighted by Gasteiger charge is 2.23. The number of benzene rings is 1. The first-order chi connectivity index (χ1) is 8.97. The smallest absolute Gasteiger partial charge is 0.243 e. The van der Waals surface area contributed by atoms with Crippen LogP contribution >= 0.6 is 15.9 Å². The van der Waals surface area contributed by atoms with Gasteiger partial charge in [-0.1, -0.05) is 6.92 Å². The minimum absolute atomic E-state index is 0.171. The molecule has 1 aromatic carbocycles. The SMILES string of the molecule is CCN(CCC#N)S(=O)(=O)c1ccc(OC)c(Br)c1. The lowest BCUT2D eigenvalue weighted by Crippen LogP contribution is -2.31. The third-order valence-electron chi connectivity index (χ3n) is 2.59. The fourth-order valence-corrected chi connectivity index (χ4v) is 3.75. The van der Waals surface area contributed by atoms with E-state index < -0.39 is 10.0 Å². The van der Waals surface area contributed by atoms with Crippen LogP contribution in [0.1, 0.15) is 13.3 Å². The molecule has 19 heavy (non-hydrogen) atoms. The molecule has 7 heteroatoms. The van der Waals surface area contributed by atoms with Crippen LogP contribution in [0.25, 0.3) is 0 Å². The van der Waals surface area contributed by atoms with Gasteiger partial charge < -0.3 is 4.74 Å². The van der Waals surface area contributed by atoms with Crippen molar-refractivity contribution in [1.82, 2.24) is 4.31 Å². The summed E-state index contributed by atoms with van der Waals surface area (Å²) in [5.41, 5.74) is 0. The number of halogens is 1. The van der Waals surface area contributed by atoms with Crippen molar-refractivity contribution in [3.63, 3.8) is 0 Å². The van der Waals surface area contributed by atoms with Gasteiger partial charge in [0.1, 0.15) is 5.75 Å². The third kappa shape index (κ3) is 3.69.